The predicted molar refractivity (Wildman–Crippen MR) is 92.2 cm³/mol. The molecule has 3 amide bonds. The third-order valence-electron chi connectivity index (χ3n) is 5.05. The summed E-state index contributed by atoms with van der Waals surface area (Å²) in [7, 11) is 0. The molecule has 2 rings (SSSR count). The summed E-state index contributed by atoms with van der Waals surface area (Å²) in [4.78, 5) is 25.5. The first kappa shape index (κ1) is 17.5. The van der Waals surface area contributed by atoms with Crippen molar-refractivity contribution in [2.75, 3.05) is 13.1 Å². The van der Waals surface area contributed by atoms with Gasteiger partial charge >= 0.3 is 6.03 Å². The molecule has 126 valence electrons. The second-order valence-corrected chi connectivity index (χ2v) is 6.55. The summed E-state index contributed by atoms with van der Waals surface area (Å²) < 4.78 is 0. The first-order valence-corrected chi connectivity index (χ1v) is 8.68. The van der Waals surface area contributed by atoms with Gasteiger partial charge in [0.05, 0.1) is 5.41 Å². The van der Waals surface area contributed by atoms with Crippen LogP contribution in [0.1, 0.15) is 50.7 Å². The molecule has 1 aliphatic rings. The third kappa shape index (κ3) is 3.92. The van der Waals surface area contributed by atoms with Gasteiger partial charge in [-0.1, -0.05) is 43.7 Å². The van der Waals surface area contributed by atoms with Gasteiger partial charge in [0, 0.05) is 13.1 Å². The van der Waals surface area contributed by atoms with Gasteiger partial charge < -0.3 is 5.32 Å². The van der Waals surface area contributed by atoms with Crippen LogP contribution in [-0.4, -0.2) is 29.9 Å². The Kier molecular flexibility index (Phi) is 5.80. The van der Waals surface area contributed by atoms with Crippen molar-refractivity contribution in [1.82, 2.24) is 10.2 Å². The quantitative estimate of drug-likeness (QED) is 0.616. The number of urea groups is 1. The van der Waals surface area contributed by atoms with Crippen molar-refractivity contribution < 1.29 is 9.59 Å². The van der Waals surface area contributed by atoms with E-state index in [0.29, 0.717) is 13.1 Å². The van der Waals surface area contributed by atoms with Crippen LogP contribution < -0.4 is 5.32 Å². The summed E-state index contributed by atoms with van der Waals surface area (Å²) in [5.74, 6) is -0.0142. The van der Waals surface area contributed by atoms with E-state index in [1.807, 2.05) is 13.8 Å². The lowest BCUT2D eigenvalue weighted by Gasteiger charge is -2.46. The number of nitrogens with one attached hydrogen (secondary N) is 1. The number of carbonyl (C=O) groups excluding carboxylic acids is 2. The number of unbranched alkanes of at least 4 members (excludes halogenated alkanes) is 1. The molecule has 0 radical (unpaired) electrons. The molecular weight excluding hydrogens is 288 g/mol. The van der Waals surface area contributed by atoms with E-state index in [2.05, 4.69) is 36.5 Å². The fourth-order valence-electron chi connectivity index (χ4n) is 3.08. The molecule has 1 aromatic rings. The number of nitrogens with zero attached hydrogens (tertiary/aromatic N) is 1. The topological polar surface area (TPSA) is 49.4 Å². The number of aryl methyl sites for hydroxylation is 2. The maximum atomic E-state index is 12.2. The van der Waals surface area contributed by atoms with Crippen LogP contribution in [0.5, 0.6) is 0 Å². The van der Waals surface area contributed by atoms with Crippen molar-refractivity contribution in [2.45, 2.75) is 52.9 Å². The molecule has 4 nitrogen and oxygen atoms in total. The zero-order valence-electron chi connectivity index (χ0n) is 14.5. The molecule has 0 bridgehead atoms. The minimum atomic E-state index is -0.289. The van der Waals surface area contributed by atoms with Gasteiger partial charge in [-0.2, -0.15) is 0 Å². The van der Waals surface area contributed by atoms with Gasteiger partial charge in [-0.15, -0.1) is 0 Å². The molecule has 1 fully saturated rings. The number of hydrogen-bond donors (Lipinski definition) is 1. The smallest absolute Gasteiger partial charge is 0.324 e. The highest BCUT2D eigenvalue weighted by atomic mass is 16.2. The highest BCUT2D eigenvalue weighted by molar-refractivity contribution is 6.02. The average molecular weight is 316 g/mol. The van der Waals surface area contributed by atoms with Crippen LogP contribution in [0.3, 0.4) is 0 Å². The van der Waals surface area contributed by atoms with E-state index in [4.69, 9.17) is 0 Å². The first-order chi connectivity index (χ1) is 11.0. The Morgan fingerprint density at radius 1 is 1.17 bits per heavy atom. The van der Waals surface area contributed by atoms with E-state index in [1.165, 1.54) is 16.0 Å². The maximum absolute atomic E-state index is 12.2. The number of hydrogen-bond acceptors (Lipinski definition) is 2. The van der Waals surface area contributed by atoms with E-state index in [-0.39, 0.29) is 17.4 Å². The highest BCUT2D eigenvalue weighted by Crippen LogP contribution is 2.38. The van der Waals surface area contributed by atoms with Crippen molar-refractivity contribution >= 4 is 11.9 Å². The van der Waals surface area contributed by atoms with E-state index in [0.717, 1.165) is 32.1 Å². The van der Waals surface area contributed by atoms with E-state index >= 15 is 0 Å². The number of imide groups is 1. The third-order valence-corrected chi connectivity index (χ3v) is 5.05. The van der Waals surface area contributed by atoms with Crippen molar-refractivity contribution in [1.29, 1.82) is 0 Å². The summed E-state index contributed by atoms with van der Waals surface area (Å²) in [6.45, 7) is 7.30. The fourth-order valence-corrected chi connectivity index (χ4v) is 3.08. The SMILES string of the molecule is CCC1(CC)CN(C(=O)NCCCCc2ccc(C)cc2)C1=O. The Bertz CT molecular complexity index is 547. The Hall–Kier alpha value is -1.84. The number of likely N-dealkylation sites (tertiary alicyclic amines) is 1. The van der Waals surface area contributed by atoms with Crippen LogP contribution in [0.15, 0.2) is 24.3 Å². The lowest BCUT2D eigenvalue weighted by atomic mass is 9.74. The molecule has 0 unspecified atom stereocenters. The molecule has 1 aliphatic heterocycles. The Morgan fingerprint density at radius 3 is 2.39 bits per heavy atom. The normalized spacial score (nSPS) is 16.1. The van der Waals surface area contributed by atoms with Gasteiger partial charge in [0.1, 0.15) is 0 Å². The molecular formula is C19H28N2O2. The molecule has 0 spiro atoms. The van der Waals surface area contributed by atoms with Gasteiger partial charge in [0.25, 0.3) is 0 Å². The Balaban J connectivity index is 1.64. The molecule has 1 N–H and O–H groups in total. The van der Waals surface area contributed by atoms with Crippen molar-refractivity contribution in [3.63, 3.8) is 0 Å². The molecule has 0 saturated carbocycles. The summed E-state index contributed by atoms with van der Waals surface area (Å²) >= 11 is 0. The minimum Gasteiger partial charge on any atom is -0.338 e. The van der Waals surface area contributed by atoms with Crippen LogP contribution in [0, 0.1) is 12.3 Å². The molecule has 1 heterocycles. The lowest BCUT2D eigenvalue weighted by molar-refractivity contribution is -0.155. The predicted octanol–water partition coefficient (Wildman–Crippen LogP) is 3.68. The van der Waals surface area contributed by atoms with Gasteiger partial charge in [-0.3, -0.25) is 9.69 Å². The lowest BCUT2D eigenvalue weighted by Crippen LogP contribution is -2.64. The summed E-state index contributed by atoms with van der Waals surface area (Å²) in [5.41, 5.74) is 2.31. The second kappa shape index (κ2) is 7.62. The van der Waals surface area contributed by atoms with Crippen molar-refractivity contribution in [2.24, 2.45) is 5.41 Å². The van der Waals surface area contributed by atoms with Crippen LogP contribution in [-0.2, 0) is 11.2 Å². The molecule has 0 atom stereocenters. The number of rotatable bonds is 7. The average Bonchev–Trinajstić information content (AvgIpc) is 2.56. The highest BCUT2D eigenvalue weighted by Gasteiger charge is 2.51. The van der Waals surface area contributed by atoms with Gasteiger partial charge in [-0.25, -0.2) is 4.79 Å². The van der Waals surface area contributed by atoms with Gasteiger partial charge in [0.2, 0.25) is 5.91 Å². The summed E-state index contributed by atoms with van der Waals surface area (Å²) in [5, 5.41) is 2.86. The number of benzene rings is 1. The molecule has 23 heavy (non-hydrogen) atoms. The Labute approximate surface area is 139 Å². The van der Waals surface area contributed by atoms with Crippen LogP contribution in [0.4, 0.5) is 4.79 Å². The molecule has 1 saturated heterocycles. The van der Waals surface area contributed by atoms with E-state index in [9.17, 15) is 9.59 Å². The minimum absolute atomic E-state index is 0.0142. The zero-order chi connectivity index (χ0) is 16.9. The van der Waals surface area contributed by atoms with Crippen LogP contribution in [0.2, 0.25) is 0 Å². The summed E-state index contributed by atoms with van der Waals surface area (Å²) in [6.07, 6.45) is 4.60. The molecule has 4 heteroatoms. The largest absolute Gasteiger partial charge is 0.338 e. The van der Waals surface area contributed by atoms with Crippen molar-refractivity contribution in [3.8, 4) is 0 Å². The Morgan fingerprint density at radius 2 is 1.83 bits per heavy atom. The van der Waals surface area contributed by atoms with Crippen LogP contribution in [0.25, 0.3) is 0 Å². The van der Waals surface area contributed by atoms with Gasteiger partial charge in [-0.05, 0) is 44.6 Å². The number of β-lactam (4-membered cyclic amide) rings is 1. The monoisotopic (exact) mass is 316 g/mol. The second-order valence-electron chi connectivity index (χ2n) is 6.55. The fraction of sp³-hybridized carbons (Fsp3) is 0.579. The summed E-state index contributed by atoms with van der Waals surface area (Å²) in [6, 6.07) is 8.33. The van der Waals surface area contributed by atoms with E-state index < -0.39 is 0 Å². The first-order valence-electron chi connectivity index (χ1n) is 8.68. The van der Waals surface area contributed by atoms with E-state index in [1.54, 1.807) is 0 Å². The molecule has 1 aromatic carbocycles. The number of carbonyl (C=O) groups is 2. The zero-order valence-corrected chi connectivity index (χ0v) is 14.5. The van der Waals surface area contributed by atoms with Crippen LogP contribution >= 0.6 is 0 Å². The van der Waals surface area contributed by atoms with Gasteiger partial charge in [0.15, 0.2) is 0 Å². The standard InChI is InChI=1S/C19H28N2O2/c1-4-19(5-2)14-21(17(19)22)18(23)20-13-7-6-8-16-11-9-15(3)10-12-16/h9-12H,4-8,13-14H2,1-3H3,(H,20,23). The molecule has 0 aromatic heterocycles. The van der Waals surface area contributed by atoms with Crippen molar-refractivity contribution in [3.05, 3.63) is 35.4 Å². The maximum Gasteiger partial charge on any atom is 0.324 e. The number of amides is 3. The molecule has 0 aliphatic carbocycles.